The summed E-state index contributed by atoms with van der Waals surface area (Å²) in [5.41, 5.74) is 0.970. The van der Waals surface area contributed by atoms with Gasteiger partial charge in [0, 0.05) is 38.6 Å². The fourth-order valence-corrected chi connectivity index (χ4v) is 4.64. The molecule has 4 rings (SSSR count). The first-order valence-electron chi connectivity index (χ1n) is 8.82. The summed E-state index contributed by atoms with van der Waals surface area (Å²) in [5, 5.41) is 0.530. The van der Waals surface area contributed by atoms with Crippen molar-refractivity contribution in [2.45, 2.75) is 0 Å². The number of carbonyl (C=O) groups excluding carboxylic acids is 1. The SMILES string of the molecule is Cn1ccc2c(Oc3ccc(F)c(Cl)c3)ncc(C(=O)N3CCS(=O)(=O)CC3)c21. The molecule has 7 nitrogen and oxygen atoms in total. The standard InChI is InChI=1S/C19H17ClFN3O4S/c1-23-5-4-13-17(23)14(19(25)24-6-8-29(26,27)9-7-24)11-22-18(13)28-12-2-3-16(21)15(20)10-12/h2-5,10-11H,6-9H2,1H3. The Morgan fingerprint density at radius 3 is 2.66 bits per heavy atom. The van der Waals surface area contributed by atoms with Crippen molar-refractivity contribution in [1.29, 1.82) is 0 Å². The van der Waals surface area contributed by atoms with E-state index in [4.69, 9.17) is 16.3 Å². The maximum Gasteiger partial charge on any atom is 0.257 e. The maximum absolute atomic E-state index is 13.4. The largest absolute Gasteiger partial charge is 0.438 e. The van der Waals surface area contributed by atoms with Gasteiger partial charge in [-0.25, -0.2) is 17.8 Å². The second-order valence-electron chi connectivity index (χ2n) is 6.79. The fraction of sp³-hybridized carbons (Fsp3) is 0.263. The van der Waals surface area contributed by atoms with E-state index in [1.165, 1.54) is 29.3 Å². The summed E-state index contributed by atoms with van der Waals surface area (Å²) in [6.45, 7) is 0.304. The number of aryl methyl sites for hydroxylation is 1. The number of aromatic nitrogens is 2. The van der Waals surface area contributed by atoms with E-state index in [-0.39, 0.29) is 41.4 Å². The summed E-state index contributed by atoms with van der Waals surface area (Å²) in [6.07, 6.45) is 3.18. The number of benzene rings is 1. The van der Waals surface area contributed by atoms with E-state index in [0.717, 1.165) is 0 Å². The third-order valence-corrected chi connectivity index (χ3v) is 6.74. The van der Waals surface area contributed by atoms with Crippen LogP contribution < -0.4 is 4.74 Å². The molecule has 3 heterocycles. The van der Waals surface area contributed by atoms with Gasteiger partial charge in [0.15, 0.2) is 9.84 Å². The van der Waals surface area contributed by atoms with Crippen LogP contribution in [0.25, 0.3) is 10.9 Å². The van der Waals surface area contributed by atoms with Gasteiger partial charge in [-0.2, -0.15) is 0 Å². The number of sulfone groups is 1. The quantitative estimate of drug-likeness (QED) is 0.629. The molecule has 1 aromatic carbocycles. The highest BCUT2D eigenvalue weighted by molar-refractivity contribution is 7.91. The topological polar surface area (TPSA) is 81.5 Å². The first-order chi connectivity index (χ1) is 13.7. The van der Waals surface area contributed by atoms with Crippen molar-refractivity contribution >= 4 is 38.2 Å². The highest BCUT2D eigenvalue weighted by Crippen LogP contribution is 2.32. The zero-order chi connectivity index (χ0) is 20.8. The number of halogens is 2. The lowest BCUT2D eigenvalue weighted by Gasteiger charge is -2.27. The molecule has 0 unspecified atom stereocenters. The van der Waals surface area contributed by atoms with E-state index in [1.54, 1.807) is 23.9 Å². The second-order valence-corrected chi connectivity index (χ2v) is 9.50. The van der Waals surface area contributed by atoms with Gasteiger partial charge in [-0.3, -0.25) is 4.79 Å². The number of hydrogen-bond acceptors (Lipinski definition) is 5. The number of carbonyl (C=O) groups is 1. The Morgan fingerprint density at radius 2 is 1.97 bits per heavy atom. The molecular formula is C19H17ClFN3O4S. The number of hydrogen-bond donors (Lipinski definition) is 0. The Hall–Kier alpha value is -2.65. The summed E-state index contributed by atoms with van der Waals surface area (Å²) in [5.74, 6) is -0.364. The van der Waals surface area contributed by atoms with Gasteiger partial charge in [-0.1, -0.05) is 11.6 Å². The molecule has 1 saturated heterocycles. The molecule has 0 atom stereocenters. The van der Waals surface area contributed by atoms with Gasteiger partial charge in [-0.05, 0) is 18.2 Å². The van der Waals surface area contributed by atoms with Crippen molar-refractivity contribution in [3.05, 3.63) is 53.1 Å². The molecule has 2 aromatic heterocycles. The van der Waals surface area contributed by atoms with Crippen molar-refractivity contribution in [3.63, 3.8) is 0 Å². The van der Waals surface area contributed by atoms with Gasteiger partial charge in [0.25, 0.3) is 5.91 Å². The molecule has 0 spiro atoms. The lowest BCUT2D eigenvalue weighted by atomic mass is 10.2. The number of amides is 1. The van der Waals surface area contributed by atoms with E-state index in [1.807, 2.05) is 0 Å². The zero-order valence-corrected chi connectivity index (χ0v) is 17.0. The average Bonchev–Trinajstić information content (AvgIpc) is 3.07. The number of rotatable bonds is 3. The predicted molar refractivity (Wildman–Crippen MR) is 107 cm³/mol. The van der Waals surface area contributed by atoms with Gasteiger partial charge >= 0.3 is 0 Å². The molecular weight excluding hydrogens is 421 g/mol. The van der Waals surface area contributed by atoms with E-state index in [9.17, 15) is 17.6 Å². The van der Waals surface area contributed by atoms with Gasteiger partial charge in [-0.15, -0.1) is 0 Å². The molecule has 29 heavy (non-hydrogen) atoms. The number of nitrogens with zero attached hydrogens (tertiary/aromatic N) is 3. The minimum Gasteiger partial charge on any atom is -0.438 e. The van der Waals surface area contributed by atoms with Crippen molar-refractivity contribution in [1.82, 2.24) is 14.5 Å². The van der Waals surface area contributed by atoms with E-state index in [2.05, 4.69) is 4.98 Å². The van der Waals surface area contributed by atoms with Crippen molar-refractivity contribution in [2.24, 2.45) is 7.05 Å². The number of pyridine rings is 1. The molecule has 0 bridgehead atoms. The smallest absolute Gasteiger partial charge is 0.257 e. The predicted octanol–water partition coefficient (Wildman–Crippen LogP) is 3.03. The summed E-state index contributed by atoms with van der Waals surface area (Å²) >= 11 is 5.80. The zero-order valence-electron chi connectivity index (χ0n) is 15.4. The summed E-state index contributed by atoms with van der Waals surface area (Å²) in [4.78, 5) is 18.8. The van der Waals surface area contributed by atoms with Crippen molar-refractivity contribution < 1.29 is 22.3 Å². The minimum absolute atomic E-state index is 0.0467. The fourth-order valence-electron chi connectivity index (χ4n) is 3.27. The number of fused-ring (bicyclic) bond motifs is 1. The van der Waals surface area contributed by atoms with Gasteiger partial charge in [0.05, 0.1) is 33.0 Å². The molecule has 1 aliphatic rings. The average molecular weight is 438 g/mol. The van der Waals surface area contributed by atoms with Crippen LogP contribution in [0, 0.1) is 5.82 Å². The summed E-state index contributed by atoms with van der Waals surface area (Å²) < 4.78 is 44.2. The highest BCUT2D eigenvalue weighted by atomic mass is 35.5. The van der Waals surface area contributed by atoms with Crippen LogP contribution in [0.5, 0.6) is 11.6 Å². The molecule has 0 saturated carbocycles. The Balaban J connectivity index is 1.69. The Bertz CT molecular complexity index is 1210. The monoisotopic (exact) mass is 437 g/mol. The first kappa shape index (κ1) is 19.7. The van der Waals surface area contributed by atoms with Crippen LogP contribution in [-0.4, -0.2) is 53.4 Å². The van der Waals surface area contributed by atoms with Crippen molar-refractivity contribution in [3.8, 4) is 11.6 Å². The highest BCUT2D eigenvalue weighted by Gasteiger charge is 2.28. The molecule has 0 N–H and O–H groups in total. The van der Waals surface area contributed by atoms with Crippen LogP contribution in [0.15, 0.2) is 36.7 Å². The second kappa shape index (κ2) is 7.31. The maximum atomic E-state index is 13.4. The van der Waals surface area contributed by atoms with Gasteiger partial charge in [0.1, 0.15) is 11.6 Å². The molecule has 10 heteroatoms. The molecule has 0 aliphatic carbocycles. The summed E-state index contributed by atoms with van der Waals surface area (Å²) in [6, 6.07) is 5.74. The van der Waals surface area contributed by atoms with Gasteiger partial charge in [0.2, 0.25) is 5.88 Å². The third-order valence-electron chi connectivity index (χ3n) is 4.84. The van der Waals surface area contributed by atoms with Crippen LogP contribution in [0.1, 0.15) is 10.4 Å². The Morgan fingerprint density at radius 1 is 1.24 bits per heavy atom. The molecule has 1 amide bonds. The van der Waals surface area contributed by atoms with E-state index in [0.29, 0.717) is 22.2 Å². The van der Waals surface area contributed by atoms with Crippen LogP contribution >= 0.6 is 11.6 Å². The van der Waals surface area contributed by atoms with Crippen LogP contribution in [0.4, 0.5) is 4.39 Å². The summed E-state index contributed by atoms with van der Waals surface area (Å²) in [7, 11) is -1.30. The molecule has 1 aliphatic heterocycles. The Labute approximate surface area is 171 Å². The molecule has 0 radical (unpaired) electrons. The van der Waals surface area contributed by atoms with Crippen LogP contribution in [0.2, 0.25) is 5.02 Å². The van der Waals surface area contributed by atoms with E-state index < -0.39 is 15.7 Å². The van der Waals surface area contributed by atoms with Crippen LogP contribution in [-0.2, 0) is 16.9 Å². The lowest BCUT2D eigenvalue weighted by molar-refractivity contribution is 0.0771. The van der Waals surface area contributed by atoms with Crippen molar-refractivity contribution in [2.75, 3.05) is 24.6 Å². The lowest BCUT2D eigenvalue weighted by Crippen LogP contribution is -2.43. The van der Waals surface area contributed by atoms with E-state index >= 15 is 0 Å². The normalized spacial score (nSPS) is 16.2. The molecule has 1 fully saturated rings. The molecule has 3 aromatic rings. The molecule has 152 valence electrons. The first-order valence-corrected chi connectivity index (χ1v) is 11.0. The number of ether oxygens (including phenoxy) is 1. The van der Waals surface area contributed by atoms with Crippen LogP contribution in [0.3, 0.4) is 0 Å². The third kappa shape index (κ3) is 3.79. The minimum atomic E-state index is -3.09. The Kier molecular flexibility index (Phi) is 4.95. The van der Waals surface area contributed by atoms with Gasteiger partial charge < -0.3 is 14.2 Å².